The largest absolute Gasteiger partial charge is 0.506 e. The summed E-state index contributed by atoms with van der Waals surface area (Å²) >= 11 is 0. The van der Waals surface area contributed by atoms with Gasteiger partial charge in [-0.05, 0) is 0 Å². The average Bonchev–Trinajstić information content (AvgIpc) is 2.57. The summed E-state index contributed by atoms with van der Waals surface area (Å²) in [6.45, 7) is 0. The number of aromatic hydroxyl groups is 3. The van der Waals surface area contributed by atoms with Gasteiger partial charge in [0.25, 0.3) is 0 Å². The molecule has 0 unspecified atom stereocenters. The van der Waals surface area contributed by atoms with Crippen molar-refractivity contribution >= 4 is 17.5 Å². The number of halogens is 4. The molecule has 0 saturated carbocycles. The van der Waals surface area contributed by atoms with Crippen molar-refractivity contribution in [3.8, 4) is 17.2 Å². The smallest absolute Gasteiger partial charge is 0.343 e. The van der Waals surface area contributed by atoms with E-state index < -0.39 is 85.9 Å². The van der Waals surface area contributed by atoms with Crippen LogP contribution in [0.25, 0.3) is 0 Å². The lowest BCUT2D eigenvalue weighted by Crippen LogP contribution is -2.27. The predicted molar refractivity (Wildman–Crippen MR) is 71.5 cm³/mol. The number of ketones is 2. The summed E-state index contributed by atoms with van der Waals surface area (Å²) in [5.74, 6) is -19.5. The molecule has 0 atom stereocenters. The fourth-order valence-corrected chi connectivity index (χ4v) is 2.66. The Kier molecular flexibility index (Phi) is 3.43. The molecule has 0 radical (unpaired) electrons. The van der Waals surface area contributed by atoms with Crippen LogP contribution in [0.4, 0.5) is 17.6 Å². The second-order valence-electron chi connectivity index (χ2n) is 5.14. The number of carboxylic acid groups (broad SMARTS) is 1. The van der Waals surface area contributed by atoms with Gasteiger partial charge < -0.3 is 20.4 Å². The molecule has 0 bridgehead atoms. The van der Waals surface area contributed by atoms with Gasteiger partial charge in [0.1, 0.15) is 11.3 Å². The molecule has 0 spiro atoms. The minimum atomic E-state index is -2.41. The number of carboxylic acids is 1. The third-order valence-electron chi connectivity index (χ3n) is 3.81. The molecule has 4 N–H and O–H groups in total. The van der Waals surface area contributed by atoms with E-state index in [1.165, 1.54) is 0 Å². The predicted octanol–water partition coefficient (Wildman–Crippen LogP) is 1.83. The number of phenolic OH excluding ortho intramolecular Hbond substituents is 1. The number of hydrogen-bond donors (Lipinski definition) is 4. The summed E-state index contributed by atoms with van der Waals surface area (Å²) in [4.78, 5) is 35.7. The van der Waals surface area contributed by atoms with E-state index in [1.54, 1.807) is 0 Å². The van der Waals surface area contributed by atoms with Crippen molar-refractivity contribution in [3.05, 3.63) is 51.1 Å². The quantitative estimate of drug-likeness (QED) is 0.168. The van der Waals surface area contributed by atoms with Crippen molar-refractivity contribution in [1.29, 1.82) is 0 Å². The zero-order chi connectivity index (χ0) is 19.7. The van der Waals surface area contributed by atoms with Gasteiger partial charge in [0.15, 0.2) is 34.8 Å². The first-order chi connectivity index (χ1) is 12.0. The zero-order valence-corrected chi connectivity index (χ0v) is 12.0. The topological polar surface area (TPSA) is 132 Å². The number of phenols is 3. The Balaban J connectivity index is 2.54. The average molecular weight is 372 g/mol. The molecule has 0 saturated heterocycles. The van der Waals surface area contributed by atoms with Gasteiger partial charge in [-0.15, -0.1) is 0 Å². The van der Waals surface area contributed by atoms with Crippen molar-refractivity contribution in [1.82, 2.24) is 0 Å². The second kappa shape index (κ2) is 5.18. The number of carbonyl (C=O) groups excluding carboxylic acids is 2. The molecule has 1 aliphatic carbocycles. The third-order valence-corrected chi connectivity index (χ3v) is 3.81. The number of carbonyl (C=O) groups is 3. The fraction of sp³-hybridized carbons (Fsp3) is 0. The Morgan fingerprint density at radius 3 is 1.38 bits per heavy atom. The van der Waals surface area contributed by atoms with Crippen molar-refractivity contribution in [2.24, 2.45) is 0 Å². The SMILES string of the molecule is O=C(O)c1c(O)c(O)c2c(c1O)C(=O)c1c(F)c(F)c(F)c(F)c1C2=O. The van der Waals surface area contributed by atoms with Crippen LogP contribution < -0.4 is 0 Å². The van der Waals surface area contributed by atoms with E-state index in [-0.39, 0.29) is 0 Å². The summed E-state index contributed by atoms with van der Waals surface area (Å²) in [6.07, 6.45) is 0. The molecule has 2 aromatic rings. The van der Waals surface area contributed by atoms with Crippen LogP contribution in [-0.2, 0) is 0 Å². The Labute approximate surface area is 139 Å². The highest BCUT2D eigenvalue weighted by molar-refractivity contribution is 6.31. The third kappa shape index (κ3) is 1.84. The molecule has 7 nitrogen and oxygen atoms in total. The van der Waals surface area contributed by atoms with Crippen LogP contribution in [-0.4, -0.2) is 38.0 Å². The van der Waals surface area contributed by atoms with Crippen LogP contribution in [0.3, 0.4) is 0 Å². The Morgan fingerprint density at radius 1 is 0.615 bits per heavy atom. The molecule has 0 amide bonds. The van der Waals surface area contributed by atoms with Gasteiger partial charge in [-0.2, -0.15) is 0 Å². The van der Waals surface area contributed by atoms with Crippen LogP contribution in [0.5, 0.6) is 17.2 Å². The lowest BCUT2D eigenvalue weighted by atomic mass is 9.81. The molecule has 0 fully saturated rings. The minimum absolute atomic E-state index is 1.29. The highest BCUT2D eigenvalue weighted by atomic mass is 19.2. The van der Waals surface area contributed by atoms with E-state index in [1.807, 2.05) is 0 Å². The number of hydrogen-bond acceptors (Lipinski definition) is 6. The second-order valence-corrected chi connectivity index (χ2v) is 5.14. The van der Waals surface area contributed by atoms with Gasteiger partial charge in [-0.25, -0.2) is 22.4 Å². The first-order valence-corrected chi connectivity index (χ1v) is 6.51. The maximum atomic E-state index is 13.9. The highest BCUT2D eigenvalue weighted by Gasteiger charge is 2.44. The van der Waals surface area contributed by atoms with Crippen LogP contribution in [0.1, 0.15) is 42.2 Å². The maximum absolute atomic E-state index is 13.9. The highest BCUT2D eigenvalue weighted by Crippen LogP contribution is 2.47. The standard InChI is InChI=1S/C15H4F4O7/c16-6-1-2(7(17)9(19)8(6)18)11(21)4-3(10(1)20)12(22)5(15(25)26)14(24)13(4)23/h22-24H,(H,25,26). The first-order valence-electron chi connectivity index (χ1n) is 6.51. The van der Waals surface area contributed by atoms with Crippen LogP contribution >= 0.6 is 0 Å². The minimum Gasteiger partial charge on any atom is -0.506 e. The number of benzene rings is 2. The van der Waals surface area contributed by atoms with Gasteiger partial charge >= 0.3 is 5.97 Å². The molecule has 2 aromatic carbocycles. The van der Waals surface area contributed by atoms with Gasteiger partial charge in [-0.3, -0.25) is 9.59 Å². The molecule has 0 aliphatic heterocycles. The summed E-state index contributed by atoms with van der Waals surface area (Å²) in [5.41, 5.74) is -7.16. The molecular weight excluding hydrogens is 368 g/mol. The Morgan fingerprint density at radius 2 is 1.00 bits per heavy atom. The van der Waals surface area contributed by atoms with Crippen molar-refractivity contribution in [2.45, 2.75) is 0 Å². The summed E-state index contributed by atoms with van der Waals surface area (Å²) in [5, 5.41) is 38.3. The van der Waals surface area contributed by atoms with Gasteiger partial charge in [-0.1, -0.05) is 0 Å². The Hall–Kier alpha value is -3.63. The van der Waals surface area contributed by atoms with Crippen LogP contribution in [0.2, 0.25) is 0 Å². The zero-order valence-electron chi connectivity index (χ0n) is 12.0. The van der Waals surface area contributed by atoms with Gasteiger partial charge in [0.2, 0.25) is 11.6 Å². The van der Waals surface area contributed by atoms with E-state index in [0.717, 1.165) is 0 Å². The number of fused-ring (bicyclic) bond motifs is 2. The van der Waals surface area contributed by atoms with Crippen molar-refractivity contribution in [3.63, 3.8) is 0 Å². The normalized spacial score (nSPS) is 12.8. The number of aromatic carboxylic acids is 1. The number of rotatable bonds is 1. The molecule has 26 heavy (non-hydrogen) atoms. The molecule has 1 aliphatic rings. The van der Waals surface area contributed by atoms with E-state index in [2.05, 4.69) is 0 Å². The van der Waals surface area contributed by atoms with Crippen molar-refractivity contribution in [2.75, 3.05) is 0 Å². The molecule has 0 aromatic heterocycles. The fourth-order valence-electron chi connectivity index (χ4n) is 2.66. The van der Waals surface area contributed by atoms with Gasteiger partial charge in [0, 0.05) is 0 Å². The summed E-state index contributed by atoms with van der Waals surface area (Å²) in [6, 6.07) is 0. The summed E-state index contributed by atoms with van der Waals surface area (Å²) in [7, 11) is 0. The lowest BCUT2D eigenvalue weighted by Gasteiger charge is -2.22. The molecular formula is C15H4F4O7. The van der Waals surface area contributed by atoms with E-state index in [9.17, 15) is 47.3 Å². The molecule has 0 heterocycles. The van der Waals surface area contributed by atoms with Gasteiger partial charge in [0.05, 0.1) is 22.3 Å². The van der Waals surface area contributed by atoms with Crippen molar-refractivity contribution < 1.29 is 52.4 Å². The molecule has 3 rings (SSSR count). The Bertz CT molecular complexity index is 1080. The first kappa shape index (κ1) is 17.2. The van der Waals surface area contributed by atoms with E-state index in [0.29, 0.717) is 0 Å². The monoisotopic (exact) mass is 372 g/mol. The lowest BCUT2D eigenvalue weighted by molar-refractivity contribution is 0.0688. The van der Waals surface area contributed by atoms with Crippen LogP contribution in [0.15, 0.2) is 0 Å². The van der Waals surface area contributed by atoms with Crippen LogP contribution in [0, 0.1) is 23.3 Å². The molecule has 134 valence electrons. The van der Waals surface area contributed by atoms with E-state index >= 15 is 0 Å². The van der Waals surface area contributed by atoms with E-state index in [4.69, 9.17) is 5.11 Å². The maximum Gasteiger partial charge on any atom is 0.343 e. The summed E-state index contributed by atoms with van der Waals surface area (Å²) < 4.78 is 54.7. The molecule has 11 heteroatoms.